The predicted octanol–water partition coefficient (Wildman–Crippen LogP) is 5.76. The Kier molecular flexibility index (Phi) is 15.7. The Morgan fingerprint density at radius 1 is 0.815 bits per heavy atom. The molecule has 0 N–H and O–H groups in total. The molecule has 0 atom stereocenters. The van der Waals surface area contributed by atoms with Gasteiger partial charge in [0.05, 0.1) is 16.3 Å². The summed E-state index contributed by atoms with van der Waals surface area (Å²) in [5.74, 6) is 0. The fourth-order valence-electron chi connectivity index (χ4n) is 2.56. The van der Waals surface area contributed by atoms with Crippen molar-refractivity contribution < 1.29 is 14.6 Å². The molecule has 0 fully saturated rings. The van der Waals surface area contributed by atoms with Gasteiger partial charge in [-0.05, 0) is 44.3 Å². The Labute approximate surface area is 161 Å². The summed E-state index contributed by atoms with van der Waals surface area (Å²) in [4.78, 5) is 31.5. The molecular weight excluding hydrogens is 348 g/mol. The van der Waals surface area contributed by atoms with Gasteiger partial charge in [-0.15, -0.1) is 0 Å². The summed E-state index contributed by atoms with van der Waals surface area (Å²) in [5, 5.41) is 22.1. The lowest BCUT2D eigenvalue weighted by Crippen LogP contribution is -1.99. The third-order valence-electron chi connectivity index (χ3n) is 4.14. The van der Waals surface area contributed by atoms with Gasteiger partial charge < -0.3 is 4.79 Å². The van der Waals surface area contributed by atoms with E-state index in [1.807, 2.05) is 6.92 Å². The minimum atomic E-state index is -0.375. The van der Waals surface area contributed by atoms with Gasteiger partial charge >= 0.3 is 0 Å². The van der Waals surface area contributed by atoms with Crippen LogP contribution in [0.2, 0.25) is 0 Å². The number of rotatable bonds is 17. The summed E-state index contributed by atoms with van der Waals surface area (Å²) in [6.07, 6.45) is 16.3. The van der Waals surface area contributed by atoms with Gasteiger partial charge in [0.1, 0.15) is 6.29 Å². The van der Waals surface area contributed by atoms with E-state index in [4.69, 9.17) is 0 Å². The number of nitrogens with zero attached hydrogens (tertiary/aromatic N) is 2. The molecule has 152 valence electrons. The Morgan fingerprint density at radius 2 is 1.48 bits per heavy atom. The van der Waals surface area contributed by atoms with Crippen LogP contribution in [0.5, 0.6) is 0 Å². The van der Waals surface area contributed by atoms with Crippen molar-refractivity contribution in [1.82, 2.24) is 0 Å². The number of aldehydes is 1. The number of nitro groups is 2. The number of carbonyl (C=O) groups is 1. The molecule has 0 spiro atoms. The summed E-state index contributed by atoms with van der Waals surface area (Å²) in [6, 6.07) is 0. The SMILES string of the molecule is CCCCC/C(=C\C/C=C\C/C(=C\CCCCCCC=O)[N+](=O)[O-])[N+](=O)[O-]. The lowest BCUT2D eigenvalue weighted by atomic mass is 10.1. The number of hydrogen-bond donors (Lipinski definition) is 0. The van der Waals surface area contributed by atoms with Crippen LogP contribution in [0.3, 0.4) is 0 Å². The fraction of sp³-hybridized carbons (Fsp3) is 0.650. The zero-order valence-corrected chi connectivity index (χ0v) is 16.3. The van der Waals surface area contributed by atoms with Crippen molar-refractivity contribution in [3.05, 3.63) is 55.9 Å². The molecule has 7 nitrogen and oxygen atoms in total. The summed E-state index contributed by atoms with van der Waals surface area (Å²) in [6.45, 7) is 2.05. The van der Waals surface area contributed by atoms with Crippen LogP contribution in [0.15, 0.2) is 35.7 Å². The van der Waals surface area contributed by atoms with Crippen LogP contribution >= 0.6 is 0 Å². The van der Waals surface area contributed by atoms with Crippen LogP contribution in [-0.4, -0.2) is 16.1 Å². The molecule has 0 aromatic heterocycles. The minimum absolute atomic E-state index is 0.153. The average molecular weight is 380 g/mol. The van der Waals surface area contributed by atoms with Gasteiger partial charge in [0.25, 0.3) is 0 Å². The van der Waals surface area contributed by atoms with Crippen molar-refractivity contribution >= 4 is 6.29 Å². The molecule has 0 aromatic carbocycles. The van der Waals surface area contributed by atoms with Crippen LogP contribution < -0.4 is 0 Å². The number of hydrogen-bond acceptors (Lipinski definition) is 5. The molecule has 0 aromatic rings. The van der Waals surface area contributed by atoms with Crippen molar-refractivity contribution in [2.24, 2.45) is 0 Å². The largest absolute Gasteiger partial charge is 0.303 e. The Morgan fingerprint density at radius 3 is 2.07 bits per heavy atom. The van der Waals surface area contributed by atoms with E-state index in [-0.39, 0.29) is 27.7 Å². The van der Waals surface area contributed by atoms with E-state index >= 15 is 0 Å². The van der Waals surface area contributed by atoms with Gasteiger partial charge in [0, 0.05) is 12.8 Å². The molecule has 27 heavy (non-hydrogen) atoms. The molecule has 7 heteroatoms. The smallest absolute Gasteiger partial charge is 0.246 e. The number of carbonyl (C=O) groups excluding carboxylic acids is 1. The molecule has 0 amide bonds. The third-order valence-corrected chi connectivity index (χ3v) is 4.14. The Hall–Kier alpha value is -2.31. The second kappa shape index (κ2) is 17.1. The van der Waals surface area contributed by atoms with Crippen molar-refractivity contribution in [2.75, 3.05) is 0 Å². The molecule has 0 saturated heterocycles. The summed E-state index contributed by atoms with van der Waals surface area (Å²) >= 11 is 0. The van der Waals surface area contributed by atoms with E-state index in [0.29, 0.717) is 25.7 Å². The molecule has 0 heterocycles. The van der Waals surface area contributed by atoms with Gasteiger partial charge in [-0.3, -0.25) is 20.2 Å². The van der Waals surface area contributed by atoms with Gasteiger partial charge in [0.15, 0.2) is 0 Å². The monoisotopic (exact) mass is 380 g/mol. The number of allylic oxidation sites excluding steroid dienone is 5. The van der Waals surface area contributed by atoms with Gasteiger partial charge in [-0.2, -0.15) is 0 Å². The molecule has 0 radical (unpaired) electrons. The van der Waals surface area contributed by atoms with Gasteiger partial charge in [-0.25, -0.2) is 0 Å². The highest BCUT2D eigenvalue weighted by Gasteiger charge is 2.09. The van der Waals surface area contributed by atoms with E-state index in [0.717, 1.165) is 51.2 Å². The first-order valence-corrected chi connectivity index (χ1v) is 9.78. The fourth-order valence-corrected chi connectivity index (χ4v) is 2.56. The van der Waals surface area contributed by atoms with E-state index in [1.54, 1.807) is 24.3 Å². The maximum absolute atomic E-state index is 11.1. The van der Waals surface area contributed by atoms with Crippen molar-refractivity contribution in [2.45, 2.75) is 84.0 Å². The van der Waals surface area contributed by atoms with E-state index < -0.39 is 0 Å². The first-order valence-electron chi connectivity index (χ1n) is 9.78. The first-order chi connectivity index (χ1) is 13.0. The lowest BCUT2D eigenvalue weighted by Gasteiger charge is -1.98. The highest BCUT2D eigenvalue weighted by molar-refractivity contribution is 5.48. The molecule has 0 rings (SSSR count). The minimum Gasteiger partial charge on any atom is -0.303 e. The van der Waals surface area contributed by atoms with Crippen LogP contribution in [0.25, 0.3) is 0 Å². The molecular formula is C20H32N2O5. The topological polar surface area (TPSA) is 103 Å². The molecule has 0 unspecified atom stereocenters. The quantitative estimate of drug-likeness (QED) is 0.105. The first kappa shape index (κ1) is 24.7. The zero-order valence-electron chi connectivity index (χ0n) is 16.3. The standard InChI is InChI=1S/C20H32N2O5/c1-2-3-9-14-19(21(24)25)16-11-8-12-17-20(22(26)27)15-10-6-4-5-7-13-18-23/h8,12,15-16,18H,2-7,9-11,13-14,17H2,1H3/b12-8-,19-16+,20-15+. The molecule has 0 aliphatic rings. The zero-order chi connectivity index (χ0) is 20.3. The predicted molar refractivity (Wildman–Crippen MR) is 106 cm³/mol. The van der Waals surface area contributed by atoms with Gasteiger partial charge in [0.2, 0.25) is 11.4 Å². The Bertz CT molecular complexity index is 538. The van der Waals surface area contributed by atoms with E-state index in [1.165, 1.54) is 0 Å². The molecule has 0 aliphatic carbocycles. The summed E-state index contributed by atoms with van der Waals surface area (Å²) in [7, 11) is 0. The summed E-state index contributed by atoms with van der Waals surface area (Å²) in [5.41, 5.74) is 0.369. The maximum Gasteiger partial charge on any atom is 0.246 e. The third kappa shape index (κ3) is 14.5. The van der Waals surface area contributed by atoms with Crippen LogP contribution in [0.4, 0.5) is 0 Å². The second-order valence-corrected chi connectivity index (χ2v) is 6.43. The average Bonchev–Trinajstić information content (AvgIpc) is 2.63. The lowest BCUT2D eigenvalue weighted by molar-refractivity contribution is -0.428. The number of unbranched alkanes of at least 4 members (excludes halogenated alkanes) is 7. The molecule has 0 saturated carbocycles. The van der Waals surface area contributed by atoms with Crippen molar-refractivity contribution in [1.29, 1.82) is 0 Å². The summed E-state index contributed by atoms with van der Waals surface area (Å²) < 4.78 is 0. The van der Waals surface area contributed by atoms with E-state index in [9.17, 15) is 25.0 Å². The molecule has 0 bridgehead atoms. The van der Waals surface area contributed by atoms with Crippen LogP contribution in [0.1, 0.15) is 84.0 Å². The van der Waals surface area contributed by atoms with Crippen molar-refractivity contribution in [3.63, 3.8) is 0 Å². The highest BCUT2D eigenvalue weighted by Crippen LogP contribution is 2.12. The van der Waals surface area contributed by atoms with Crippen molar-refractivity contribution in [3.8, 4) is 0 Å². The molecule has 0 aliphatic heterocycles. The van der Waals surface area contributed by atoms with E-state index in [2.05, 4.69) is 0 Å². The highest BCUT2D eigenvalue weighted by atomic mass is 16.6. The van der Waals surface area contributed by atoms with Crippen LogP contribution in [-0.2, 0) is 4.79 Å². The second-order valence-electron chi connectivity index (χ2n) is 6.43. The normalized spacial score (nSPS) is 12.5. The van der Waals surface area contributed by atoms with Crippen LogP contribution in [0, 0.1) is 20.2 Å². The Balaban J connectivity index is 4.32. The maximum atomic E-state index is 11.1. The van der Waals surface area contributed by atoms with Gasteiger partial charge in [-0.1, -0.05) is 44.8 Å².